The van der Waals surface area contributed by atoms with Gasteiger partial charge in [0.05, 0.1) is 23.5 Å². The van der Waals surface area contributed by atoms with Crippen molar-refractivity contribution in [3.63, 3.8) is 0 Å². The maximum Gasteiger partial charge on any atom is 0.178 e. The van der Waals surface area contributed by atoms with Gasteiger partial charge in [0, 0.05) is 65.4 Å². The molecule has 0 aliphatic carbocycles. The number of para-hydroxylation sites is 2. The predicted molar refractivity (Wildman–Crippen MR) is 352 cm³/mol. The van der Waals surface area contributed by atoms with Crippen LogP contribution in [0.25, 0.3) is 47.8 Å². The summed E-state index contributed by atoms with van der Waals surface area (Å²) in [6, 6.07) is 72.0. The summed E-state index contributed by atoms with van der Waals surface area (Å²) in [5, 5.41) is 26.7. The highest BCUT2D eigenvalue weighted by atomic mass is 15.6. The van der Waals surface area contributed by atoms with E-state index in [0.717, 1.165) is 122 Å². The molecule has 2 saturated heterocycles. The van der Waals surface area contributed by atoms with Gasteiger partial charge in [-0.1, -0.05) is 255 Å². The molecule has 12 heteroatoms. The third-order valence-electron chi connectivity index (χ3n) is 16.3. The Kier molecular flexibility index (Phi) is 19.7. The summed E-state index contributed by atoms with van der Waals surface area (Å²) >= 11 is 0. The predicted octanol–water partition coefficient (Wildman–Crippen LogP) is 13.7. The monoisotopic (exact) mass is 1130 g/mol. The molecule has 0 saturated carbocycles. The fourth-order valence-electron chi connectivity index (χ4n) is 11.7. The number of aromatic nitrogens is 8. The van der Waals surface area contributed by atoms with Crippen LogP contribution in [0.5, 0.6) is 0 Å². The lowest BCUT2D eigenvalue weighted by Crippen LogP contribution is -2.48. The second-order valence-corrected chi connectivity index (χ2v) is 22.3. The smallest absolute Gasteiger partial charge is 0.178 e. The van der Waals surface area contributed by atoms with Gasteiger partial charge in [-0.25, -0.2) is 0 Å². The molecule has 2 aromatic heterocycles. The van der Waals surface area contributed by atoms with Crippen LogP contribution in [0.4, 0.5) is 0 Å². The van der Waals surface area contributed by atoms with Crippen LogP contribution < -0.4 is 0 Å². The lowest BCUT2D eigenvalue weighted by molar-refractivity contribution is 0.113. The van der Waals surface area contributed by atoms with Gasteiger partial charge in [0.2, 0.25) is 0 Å². The largest absolute Gasteiger partial charge is 0.297 e. The molecule has 2 aliphatic rings. The lowest BCUT2D eigenvalue weighted by atomic mass is 10.0. The minimum atomic E-state index is -0.0665. The average Bonchev–Trinajstić information content (AvgIpc) is 4.27. The van der Waals surface area contributed by atoms with Gasteiger partial charge in [0.1, 0.15) is 0 Å². The van der Waals surface area contributed by atoms with E-state index in [0.29, 0.717) is 0 Å². The van der Waals surface area contributed by atoms with Crippen LogP contribution in [0.3, 0.4) is 0 Å². The van der Waals surface area contributed by atoms with Crippen molar-refractivity contribution in [3.8, 4) is 11.4 Å². The standard InChI is InChI=1S/2C37H38N6/c2*1-29-11-9-12-30(2)35(29)43-37(38-39-40-43)36(34-22-20-33(21-23-34)19-18-32-15-7-4-8-16-32)42-27-25-41(26-28-42)24-10-17-31-13-5-3-6-14-31/h2*3-23,36H,24-28H2,1-2H3/b2*17-10+,19-18+/t2*36-/m10/s1. The Hall–Kier alpha value is -9.30. The van der Waals surface area contributed by atoms with E-state index in [9.17, 15) is 0 Å². The Bertz CT molecular complexity index is 3540. The number of benzene rings is 8. The molecule has 86 heavy (non-hydrogen) atoms. The minimum Gasteiger partial charge on any atom is -0.297 e. The molecule has 8 aromatic carbocycles. The first-order valence-electron chi connectivity index (χ1n) is 30.0. The number of nitrogens with zero attached hydrogens (tertiary/aromatic N) is 12. The van der Waals surface area contributed by atoms with Gasteiger partial charge in [0.25, 0.3) is 0 Å². The SMILES string of the molecule is Cc1cccc(C)c1-n1nnnc1[C@@H](c1ccc(/C=C/c2ccccc2)cc1)N1CCN(C/C=C/c2ccccc2)CC1.Cc1cccc(C)c1-n1nnnc1[C@H](c1ccc(/C=C/c2ccccc2)cc1)N1CCN(C/C=C/c2ccccc2)CC1. The molecule has 12 nitrogen and oxygen atoms in total. The number of piperazine rings is 2. The first-order chi connectivity index (χ1) is 42.3. The molecule has 10 aromatic rings. The van der Waals surface area contributed by atoms with E-state index in [1.165, 1.54) is 33.4 Å². The molecular weight excluding hydrogens is 1060 g/mol. The Balaban J connectivity index is 0.000000179. The maximum atomic E-state index is 4.65. The number of rotatable bonds is 18. The van der Waals surface area contributed by atoms with E-state index in [4.69, 9.17) is 0 Å². The molecule has 0 amide bonds. The van der Waals surface area contributed by atoms with E-state index >= 15 is 0 Å². The highest BCUT2D eigenvalue weighted by Gasteiger charge is 2.33. The van der Waals surface area contributed by atoms with Crippen molar-refractivity contribution in [2.75, 3.05) is 65.4 Å². The number of hydrogen-bond acceptors (Lipinski definition) is 10. The molecule has 12 rings (SSSR count). The molecule has 432 valence electrons. The van der Waals surface area contributed by atoms with Crippen LogP contribution in [-0.2, 0) is 0 Å². The summed E-state index contributed by atoms with van der Waals surface area (Å²) in [6.07, 6.45) is 17.6. The molecule has 0 spiro atoms. The third kappa shape index (κ3) is 15.0. The van der Waals surface area contributed by atoms with Crippen LogP contribution in [0.2, 0.25) is 0 Å². The molecule has 4 heterocycles. The average molecular weight is 1130 g/mol. The summed E-state index contributed by atoms with van der Waals surface area (Å²) in [6.45, 7) is 18.0. The quantitative estimate of drug-likeness (QED) is 0.0772. The zero-order valence-electron chi connectivity index (χ0n) is 49.8. The zero-order valence-corrected chi connectivity index (χ0v) is 49.8. The molecule has 0 radical (unpaired) electrons. The van der Waals surface area contributed by atoms with Crippen molar-refractivity contribution in [1.82, 2.24) is 60.0 Å². The normalized spacial score (nSPS) is 15.4. The minimum absolute atomic E-state index is 0.0665. The van der Waals surface area contributed by atoms with Gasteiger partial charge in [-0.15, -0.1) is 10.2 Å². The summed E-state index contributed by atoms with van der Waals surface area (Å²) in [5.41, 5.74) is 16.3. The van der Waals surface area contributed by atoms with Gasteiger partial charge < -0.3 is 0 Å². The summed E-state index contributed by atoms with van der Waals surface area (Å²) in [4.78, 5) is 10.1. The molecule has 0 N–H and O–H groups in total. The van der Waals surface area contributed by atoms with Gasteiger partial charge in [-0.3, -0.25) is 19.6 Å². The van der Waals surface area contributed by atoms with E-state index in [1.54, 1.807) is 0 Å². The van der Waals surface area contributed by atoms with Gasteiger partial charge >= 0.3 is 0 Å². The number of aryl methyl sites for hydroxylation is 4. The van der Waals surface area contributed by atoms with Crippen LogP contribution >= 0.6 is 0 Å². The Morgan fingerprint density at radius 1 is 0.326 bits per heavy atom. The van der Waals surface area contributed by atoms with Gasteiger partial charge in [-0.2, -0.15) is 9.36 Å². The van der Waals surface area contributed by atoms with E-state index in [2.05, 4.69) is 321 Å². The molecule has 2 atom stereocenters. The fraction of sp³-hybridized carbons (Fsp3) is 0.216. The molecule has 2 fully saturated rings. The van der Waals surface area contributed by atoms with Crippen LogP contribution in [0, 0.1) is 27.7 Å². The first kappa shape index (κ1) is 58.5. The van der Waals surface area contributed by atoms with Crippen LogP contribution in [-0.4, -0.2) is 125 Å². The van der Waals surface area contributed by atoms with Gasteiger partial charge in [-0.05, 0) is 115 Å². The Morgan fingerprint density at radius 2 is 0.616 bits per heavy atom. The summed E-state index contributed by atoms with van der Waals surface area (Å²) < 4.78 is 3.90. The molecule has 0 bridgehead atoms. The van der Waals surface area contributed by atoms with E-state index < -0.39 is 0 Å². The van der Waals surface area contributed by atoms with E-state index in [-0.39, 0.29) is 12.1 Å². The third-order valence-corrected chi connectivity index (χ3v) is 16.3. The topological polar surface area (TPSA) is 100 Å². The van der Waals surface area contributed by atoms with Gasteiger partial charge in [0.15, 0.2) is 11.6 Å². The van der Waals surface area contributed by atoms with Crippen LogP contribution in [0.15, 0.2) is 218 Å². The van der Waals surface area contributed by atoms with Crippen molar-refractivity contribution in [1.29, 1.82) is 0 Å². The summed E-state index contributed by atoms with van der Waals surface area (Å²) in [7, 11) is 0. The maximum absolute atomic E-state index is 4.65. The lowest BCUT2D eigenvalue weighted by Gasteiger charge is -2.38. The molecule has 0 unspecified atom stereocenters. The second-order valence-electron chi connectivity index (χ2n) is 22.3. The fourth-order valence-corrected chi connectivity index (χ4v) is 11.7. The van der Waals surface area contributed by atoms with Crippen LogP contribution in [0.1, 0.15) is 90.5 Å². The number of tetrazole rings is 2. The summed E-state index contributed by atoms with van der Waals surface area (Å²) in [5.74, 6) is 1.70. The highest BCUT2D eigenvalue weighted by Crippen LogP contribution is 2.34. The Labute approximate surface area is 507 Å². The Morgan fingerprint density at radius 3 is 0.930 bits per heavy atom. The van der Waals surface area contributed by atoms with Crippen molar-refractivity contribution < 1.29 is 0 Å². The first-order valence-corrected chi connectivity index (χ1v) is 30.0. The van der Waals surface area contributed by atoms with Crippen molar-refractivity contribution in [3.05, 3.63) is 297 Å². The number of hydrogen-bond donors (Lipinski definition) is 0. The van der Waals surface area contributed by atoms with Crippen molar-refractivity contribution >= 4 is 36.5 Å². The zero-order chi connectivity index (χ0) is 58.9. The highest BCUT2D eigenvalue weighted by molar-refractivity contribution is 5.70. The molecule has 2 aliphatic heterocycles. The van der Waals surface area contributed by atoms with Crippen molar-refractivity contribution in [2.24, 2.45) is 0 Å². The second kappa shape index (κ2) is 29.0. The van der Waals surface area contributed by atoms with E-state index in [1.807, 2.05) is 21.5 Å². The van der Waals surface area contributed by atoms with Crippen molar-refractivity contribution in [2.45, 2.75) is 39.8 Å². The molecular formula is C74H76N12.